The molecule has 1 N–H and O–H groups in total. The van der Waals surface area contributed by atoms with E-state index in [-0.39, 0.29) is 0 Å². The molecule has 0 spiro atoms. The summed E-state index contributed by atoms with van der Waals surface area (Å²) >= 11 is 0. The molecule has 6 nitrogen and oxygen atoms in total. The first-order valence-electron chi connectivity index (χ1n) is 8.78. The molecule has 0 aromatic heterocycles. The van der Waals surface area contributed by atoms with E-state index in [1.807, 2.05) is 7.05 Å². The second kappa shape index (κ2) is 9.33. The lowest BCUT2D eigenvalue weighted by atomic mass is 10.2. The first kappa shape index (κ1) is 17.5. The van der Waals surface area contributed by atoms with Gasteiger partial charge in [-0.05, 0) is 19.5 Å². The molecule has 0 aliphatic carbocycles. The van der Waals surface area contributed by atoms with Crippen LogP contribution in [0.3, 0.4) is 0 Å². The van der Waals surface area contributed by atoms with E-state index in [9.17, 15) is 0 Å². The van der Waals surface area contributed by atoms with Gasteiger partial charge in [0.05, 0.1) is 13.2 Å². The SMILES string of the molecule is CCN(CC)CCNC(=NC)N1CCC(N2CCOCC2)C1. The van der Waals surface area contributed by atoms with Crippen LogP contribution in [0, 0.1) is 0 Å². The number of nitrogens with one attached hydrogen (secondary N) is 1. The summed E-state index contributed by atoms with van der Waals surface area (Å²) in [7, 11) is 1.89. The predicted octanol–water partition coefficient (Wildman–Crippen LogP) is 0.310. The number of rotatable bonds is 6. The van der Waals surface area contributed by atoms with Crippen molar-refractivity contribution in [3.05, 3.63) is 0 Å². The molecule has 2 saturated heterocycles. The minimum atomic E-state index is 0.658. The van der Waals surface area contributed by atoms with Crippen molar-refractivity contribution in [2.24, 2.45) is 4.99 Å². The van der Waals surface area contributed by atoms with Gasteiger partial charge in [-0.25, -0.2) is 0 Å². The lowest BCUT2D eigenvalue weighted by Crippen LogP contribution is -2.47. The summed E-state index contributed by atoms with van der Waals surface area (Å²) in [6.45, 7) is 14.8. The van der Waals surface area contributed by atoms with Crippen molar-refractivity contribution < 1.29 is 4.74 Å². The zero-order valence-corrected chi connectivity index (χ0v) is 14.6. The average molecular weight is 311 g/mol. The lowest BCUT2D eigenvalue weighted by molar-refractivity contribution is 0.0195. The maximum Gasteiger partial charge on any atom is 0.193 e. The van der Waals surface area contributed by atoms with Crippen molar-refractivity contribution >= 4 is 5.96 Å². The molecule has 6 heteroatoms. The van der Waals surface area contributed by atoms with E-state index in [0.29, 0.717) is 6.04 Å². The average Bonchev–Trinajstić information content (AvgIpc) is 3.06. The van der Waals surface area contributed by atoms with Gasteiger partial charge in [-0.3, -0.25) is 9.89 Å². The molecule has 2 aliphatic heterocycles. The van der Waals surface area contributed by atoms with Crippen LogP contribution in [0.25, 0.3) is 0 Å². The van der Waals surface area contributed by atoms with Crippen LogP contribution in [-0.2, 0) is 4.74 Å². The van der Waals surface area contributed by atoms with Crippen molar-refractivity contribution in [3.8, 4) is 0 Å². The van der Waals surface area contributed by atoms with Crippen molar-refractivity contribution in [2.45, 2.75) is 26.3 Å². The second-order valence-corrected chi connectivity index (χ2v) is 6.04. The number of guanidine groups is 1. The zero-order chi connectivity index (χ0) is 15.8. The fourth-order valence-electron chi connectivity index (χ4n) is 3.37. The van der Waals surface area contributed by atoms with Gasteiger partial charge < -0.3 is 19.9 Å². The van der Waals surface area contributed by atoms with Gasteiger partial charge in [-0.2, -0.15) is 0 Å². The Morgan fingerprint density at radius 2 is 1.95 bits per heavy atom. The van der Waals surface area contributed by atoms with Crippen LogP contribution >= 0.6 is 0 Å². The molecule has 22 heavy (non-hydrogen) atoms. The summed E-state index contributed by atoms with van der Waals surface area (Å²) in [5, 5.41) is 3.52. The Morgan fingerprint density at radius 3 is 2.59 bits per heavy atom. The molecule has 1 atom stereocenters. The fraction of sp³-hybridized carbons (Fsp3) is 0.938. The second-order valence-electron chi connectivity index (χ2n) is 6.04. The Balaban J connectivity index is 1.75. The number of hydrogen-bond acceptors (Lipinski definition) is 4. The van der Waals surface area contributed by atoms with Gasteiger partial charge in [0.15, 0.2) is 5.96 Å². The molecule has 0 aromatic carbocycles. The predicted molar refractivity (Wildman–Crippen MR) is 91.5 cm³/mol. The van der Waals surface area contributed by atoms with Gasteiger partial charge in [0.25, 0.3) is 0 Å². The van der Waals surface area contributed by atoms with E-state index in [1.165, 1.54) is 6.42 Å². The van der Waals surface area contributed by atoms with Crippen LogP contribution in [0.5, 0.6) is 0 Å². The van der Waals surface area contributed by atoms with Crippen molar-refractivity contribution in [3.63, 3.8) is 0 Å². The fourth-order valence-corrected chi connectivity index (χ4v) is 3.37. The molecule has 128 valence electrons. The molecule has 0 bridgehead atoms. The van der Waals surface area contributed by atoms with Crippen LogP contribution in [0.4, 0.5) is 0 Å². The molecule has 2 aliphatic rings. The number of morpholine rings is 1. The quantitative estimate of drug-likeness (QED) is 0.565. The number of aliphatic imine (C=N–C) groups is 1. The summed E-state index contributed by atoms with van der Waals surface area (Å²) in [5.74, 6) is 1.06. The Labute approximate surface area is 135 Å². The van der Waals surface area contributed by atoms with E-state index in [0.717, 1.165) is 71.5 Å². The third-order valence-corrected chi connectivity index (χ3v) is 4.84. The van der Waals surface area contributed by atoms with Gasteiger partial charge in [0.1, 0.15) is 0 Å². The van der Waals surface area contributed by atoms with Gasteiger partial charge in [-0.15, -0.1) is 0 Å². The van der Waals surface area contributed by atoms with Crippen LogP contribution in [0.1, 0.15) is 20.3 Å². The highest BCUT2D eigenvalue weighted by atomic mass is 16.5. The Morgan fingerprint density at radius 1 is 1.23 bits per heavy atom. The highest BCUT2D eigenvalue weighted by Crippen LogP contribution is 2.16. The number of hydrogen-bond donors (Lipinski definition) is 1. The third-order valence-electron chi connectivity index (χ3n) is 4.84. The highest BCUT2D eigenvalue weighted by molar-refractivity contribution is 5.80. The van der Waals surface area contributed by atoms with E-state index >= 15 is 0 Å². The highest BCUT2D eigenvalue weighted by Gasteiger charge is 2.30. The van der Waals surface area contributed by atoms with Crippen LogP contribution in [-0.4, -0.2) is 99.3 Å². The molecule has 2 fully saturated rings. The number of nitrogens with zero attached hydrogens (tertiary/aromatic N) is 4. The molecule has 0 radical (unpaired) electrons. The van der Waals surface area contributed by atoms with Gasteiger partial charge in [-0.1, -0.05) is 13.8 Å². The molecule has 2 rings (SSSR count). The monoisotopic (exact) mass is 311 g/mol. The Kier molecular flexibility index (Phi) is 7.42. The minimum Gasteiger partial charge on any atom is -0.379 e. The third kappa shape index (κ3) is 4.83. The maximum absolute atomic E-state index is 5.46. The van der Waals surface area contributed by atoms with E-state index in [4.69, 9.17) is 4.74 Å². The summed E-state index contributed by atoms with van der Waals surface area (Å²) in [6, 6.07) is 0.658. The number of likely N-dealkylation sites (N-methyl/N-ethyl adjacent to an activating group) is 1. The molecular formula is C16H33N5O. The minimum absolute atomic E-state index is 0.658. The van der Waals surface area contributed by atoms with E-state index < -0.39 is 0 Å². The first-order valence-corrected chi connectivity index (χ1v) is 8.78. The largest absolute Gasteiger partial charge is 0.379 e. The van der Waals surface area contributed by atoms with Crippen LogP contribution < -0.4 is 5.32 Å². The van der Waals surface area contributed by atoms with Crippen molar-refractivity contribution in [1.29, 1.82) is 0 Å². The first-order chi connectivity index (χ1) is 10.8. The maximum atomic E-state index is 5.46. The number of likely N-dealkylation sites (tertiary alicyclic amines) is 1. The van der Waals surface area contributed by atoms with Crippen LogP contribution in [0.15, 0.2) is 4.99 Å². The van der Waals surface area contributed by atoms with Crippen molar-refractivity contribution in [2.75, 3.05) is 72.6 Å². The normalized spacial score (nSPS) is 24.3. The van der Waals surface area contributed by atoms with Crippen LogP contribution in [0.2, 0.25) is 0 Å². The van der Waals surface area contributed by atoms with E-state index in [1.54, 1.807) is 0 Å². The number of ether oxygens (including phenoxy) is 1. The molecule has 1 unspecified atom stereocenters. The standard InChI is InChI=1S/C16H33N5O/c1-4-19(5-2)9-7-18-16(17-3)21-8-6-15(14-21)20-10-12-22-13-11-20/h15H,4-14H2,1-3H3,(H,17,18). The zero-order valence-electron chi connectivity index (χ0n) is 14.6. The molecule has 0 saturated carbocycles. The molecule has 2 heterocycles. The smallest absolute Gasteiger partial charge is 0.193 e. The molecular weight excluding hydrogens is 278 g/mol. The van der Waals surface area contributed by atoms with E-state index in [2.05, 4.69) is 38.9 Å². The lowest BCUT2D eigenvalue weighted by Gasteiger charge is -2.32. The summed E-state index contributed by atoms with van der Waals surface area (Å²) in [4.78, 5) is 11.9. The summed E-state index contributed by atoms with van der Waals surface area (Å²) < 4.78 is 5.46. The molecule has 0 amide bonds. The molecule has 0 aromatic rings. The van der Waals surface area contributed by atoms with Gasteiger partial charge in [0.2, 0.25) is 0 Å². The van der Waals surface area contributed by atoms with Crippen molar-refractivity contribution in [1.82, 2.24) is 20.0 Å². The Bertz CT molecular complexity index is 339. The Hall–Kier alpha value is -0.850. The van der Waals surface area contributed by atoms with Gasteiger partial charge >= 0.3 is 0 Å². The van der Waals surface area contributed by atoms with Gasteiger partial charge in [0, 0.05) is 52.4 Å². The topological polar surface area (TPSA) is 43.3 Å². The summed E-state index contributed by atoms with van der Waals surface area (Å²) in [6.07, 6.45) is 1.23. The summed E-state index contributed by atoms with van der Waals surface area (Å²) in [5.41, 5.74) is 0.